The molecular weight excluding hydrogens is 347 g/mol. The highest BCUT2D eigenvalue weighted by Crippen LogP contribution is 2.32. The number of nitrogens with zero attached hydrogens (tertiary/aromatic N) is 2. The monoisotopic (exact) mass is 364 g/mol. The number of amides is 2. The van der Waals surface area contributed by atoms with Crippen LogP contribution in [0.15, 0.2) is 53.5 Å². The van der Waals surface area contributed by atoms with E-state index >= 15 is 0 Å². The smallest absolute Gasteiger partial charge is 0.324 e. The van der Waals surface area contributed by atoms with Crippen LogP contribution in [-0.4, -0.2) is 23.4 Å². The number of rotatable bonds is 4. The summed E-state index contributed by atoms with van der Waals surface area (Å²) in [7, 11) is 0. The lowest BCUT2D eigenvalue weighted by atomic mass is 10.2. The summed E-state index contributed by atoms with van der Waals surface area (Å²) in [5.41, 5.74) is 7.16. The second-order valence-corrected chi connectivity index (χ2v) is 5.81. The number of hydrogen-bond donors (Lipinski definition) is 2. The second-order valence-electron chi connectivity index (χ2n) is 5.00. The molecule has 2 rings (SSSR count). The van der Waals surface area contributed by atoms with Crippen LogP contribution >= 0.6 is 23.2 Å². The van der Waals surface area contributed by atoms with Gasteiger partial charge in [0.2, 0.25) is 5.96 Å². The van der Waals surface area contributed by atoms with Crippen molar-refractivity contribution in [2.24, 2.45) is 10.7 Å². The van der Waals surface area contributed by atoms with Gasteiger partial charge in [-0.2, -0.15) is 0 Å². The molecule has 0 radical (unpaired) electrons. The van der Waals surface area contributed by atoms with Crippen LogP contribution in [0, 0.1) is 0 Å². The number of halogens is 2. The number of benzene rings is 2. The topological polar surface area (TPSA) is 70.7 Å². The summed E-state index contributed by atoms with van der Waals surface area (Å²) in [5.74, 6) is -0.0680. The summed E-state index contributed by atoms with van der Waals surface area (Å²) in [6.45, 7) is 2.89. The minimum atomic E-state index is -0.342. The van der Waals surface area contributed by atoms with Gasteiger partial charge in [0.15, 0.2) is 0 Å². The summed E-state index contributed by atoms with van der Waals surface area (Å²) in [5, 5.41) is 3.27. The molecule has 2 amide bonds. The minimum absolute atomic E-state index is 0.0680. The van der Waals surface area contributed by atoms with Crippen LogP contribution in [0.25, 0.3) is 0 Å². The summed E-state index contributed by atoms with van der Waals surface area (Å²) in [6.07, 6.45) is 0. The molecule has 0 aromatic heterocycles. The van der Waals surface area contributed by atoms with E-state index in [1.165, 1.54) is 0 Å². The summed E-state index contributed by atoms with van der Waals surface area (Å²) in [4.78, 5) is 18.0. The standard InChI is InChI=1S/C17H18Cl2N4O/c1-2-23(11-12-7-4-3-5-8-12)17(24)22-16(20)21-15-13(18)9-6-10-14(15)19/h3-10H,2,11H2,1H3,(H3,20,21,22,24). The first-order valence-corrected chi connectivity index (χ1v) is 8.15. The van der Waals surface area contributed by atoms with Gasteiger partial charge in [-0.15, -0.1) is 0 Å². The van der Waals surface area contributed by atoms with Crippen LogP contribution in [0.1, 0.15) is 12.5 Å². The van der Waals surface area contributed by atoms with Gasteiger partial charge in [0, 0.05) is 13.1 Å². The second kappa shape index (κ2) is 8.57. The molecule has 3 N–H and O–H groups in total. The predicted molar refractivity (Wildman–Crippen MR) is 98.8 cm³/mol. The molecule has 0 atom stereocenters. The van der Waals surface area contributed by atoms with E-state index in [4.69, 9.17) is 28.9 Å². The van der Waals surface area contributed by atoms with Gasteiger partial charge in [-0.1, -0.05) is 59.6 Å². The van der Waals surface area contributed by atoms with E-state index in [0.717, 1.165) is 5.56 Å². The Morgan fingerprint density at radius 3 is 2.33 bits per heavy atom. The van der Waals surface area contributed by atoms with Gasteiger partial charge in [-0.05, 0) is 24.6 Å². The molecule has 5 nitrogen and oxygen atoms in total. The van der Waals surface area contributed by atoms with Crippen LogP contribution in [0.4, 0.5) is 10.5 Å². The Morgan fingerprint density at radius 1 is 1.12 bits per heavy atom. The molecule has 0 fully saturated rings. The van der Waals surface area contributed by atoms with Crippen LogP contribution in [0.3, 0.4) is 0 Å². The quantitative estimate of drug-likeness (QED) is 0.631. The van der Waals surface area contributed by atoms with Crippen LogP contribution in [-0.2, 0) is 6.54 Å². The molecular formula is C17H18Cl2N4O. The number of nitrogens with two attached hydrogens (primary N) is 1. The Hall–Kier alpha value is -2.24. The number of nitrogens with one attached hydrogen (secondary N) is 1. The van der Waals surface area contributed by atoms with Crippen molar-refractivity contribution in [3.8, 4) is 0 Å². The fourth-order valence-electron chi connectivity index (χ4n) is 2.06. The number of hydrogen-bond acceptors (Lipinski definition) is 2. The molecule has 2 aromatic rings. The van der Waals surface area contributed by atoms with Gasteiger partial charge in [0.25, 0.3) is 0 Å². The van der Waals surface area contributed by atoms with E-state index < -0.39 is 0 Å². The van der Waals surface area contributed by atoms with Crippen LogP contribution in [0.2, 0.25) is 10.0 Å². The maximum Gasteiger partial charge on any atom is 0.324 e. The molecule has 0 unspecified atom stereocenters. The van der Waals surface area contributed by atoms with E-state index in [9.17, 15) is 4.79 Å². The molecule has 0 spiro atoms. The summed E-state index contributed by atoms with van der Waals surface area (Å²) < 4.78 is 0. The SMILES string of the molecule is CCN(Cc1ccccc1)C(=O)NC(N)=Nc1c(Cl)cccc1Cl. The maximum absolute atomic E-state index is 12.3. The highest BCUT2D eigenvalue weighted by molar-refractivity contribution is 6.38. The predicted octanol–water partition coefficient (Wildman–Crippen LogP) is 4.17. The van der Waals surface area contributed by atoms with Crippen molar-refractivity contribution in [3.63, 3.8) is 0 Å². The van der Waals surface area contributed by atoms with Crippen molar-refractivity contribution in [1.29, 1.82) is 0 Å². The highest BCUT2D eigenvalue weighted by atomic mass is 35.5. The molecule has 2 aromatic carbocycles. The number of para-hydroxylation sites is 1. The van der Waals surface area contributed by atoms with Crippen LogP contribution < -0.4 is 11.1 Å². The molecule has 7 heteroatoms. The van der Waals surface area contributed by atoms with E-state index in [0.29, 0.717) is 28.8 Å². The van der Waals surface area contributed by atoms with Crippen molar-refractivity contribution in [2.45, 2.75) is 13.5 Å². The highest BCUT2D eigenvalue weighted by Gasteiger charge is 2.13. The largest absolute Gasteiger partial charge is 0.369 e. The van der Waals surface area contributed by atoms with Crippen molar-refractivity contribution < 1.29 is 4.79 Å². The average molecular weight is 365 g/mol. The first-order valence-electron chi connectivity index (χ1n) is 7.39. The molecule has 0 aliphatic heterocycles. The van der Waals surface area contributed by atoms with Crippen LogP contribution in [0.5, 0.6) is 0 Å². The number of guanidine groups is 1. The average Bonchev–Trinajstić information content (AvgIpc) is 2.57. The van der Waals surface area contributed by atoms with E-state index in [1.807, 2.05) is 37.3 Å². The molecule has 0 saturated heterocycles. The van der Waals surface area contributed by atoms with E-state index in [1.54, 1.807) is 23.1 Å². The third kappa shape index (κ3) is 4.88. The third-order valence-corrected chi connectivity index (χ3v) is 3.90. The summed E-state index contributed by atoms with van der Waals surface area (Å²) >= 11 is 12.1. The van der Waals surface area contributed by atoms with Crippen molar-refractivity contribution in [1.82, 2.24) is 10.2 Å². The normalized spacial score (nSPS) is 11.2. The fraction of sp³-hybridized carbons (Fsp3) is 0.176. The van der Waals surface area contributed by atoms with Gasteiger partial charge in [-0.3, -0.25) is 5.32 Å². The van der Waals surface area contributed by atoms with Crippen molar-refractivity contribution >= 4 is 40.9 Å². The first-order chi connectivity index (χ1) is 11.5. The fourth-order valence-corrected chi connectivity index (χ4v) is 2.55. The van der Waals surface area contributed by atoms with Gasteiger partial charge in [0.05, 0.1) is 10.0 Å². The van der Waals surface area contributed by atoms with Crippen molar-refractivity contribution in [2.75, 3.05) is 6.54 Å². The van der Waals surface area contributed by atoms with E-state index in [-0.39, 0.29) is 12.0 Å². The van der Waals surface area contributed by atoms with Gasteiger partial charge in [0.1, 0.15) is 5.69 Å². The van der Waals surface area contributed by atoms with Gasteiger partial charge in [-0.25, -0.2) is 9.79 Å². The van der Waals surface area contributed by atoms with Gasteiger partial charge >= 0.3 is 6.03 Å². The molecule has 126 valence electrons. The molecule has 0 heterocycles. The zero-order chi connectivity index (χ0) is 17.5. The Labute approximate surface area is 151 Å². The zero-order valence-corrected chi connectivity index (χ0v) is 14.7. The number of carbonyl (C=O) groups excluding carboxylic acids is 1. The first kappa shape index (κ1) is 18.1. The lowest BCUT2D eigenvalue weighted by Gasteiger charge is -2.21. The number of carbonyl (C=O) groups is 1. The number of aliphatic imine (C=N–C) groups is 1. The summed E-state index contributed by atoms with van der Waals surface area (Å²) in [6, 6.07) is 14.4. The van der Waals surface area contributed by atoms with Crippen molar-refractivity contribution in [3.05, 3.63) is 64.1 Å². The molecule has 0 aliphatic rings. The molecule has 0 saturated carbocycles. The Balaban J connectivity index is 2.08. The lowest BCUT2D eigenvalue weighted by Crippen LogP contribution is -2.45. The lowest BCUT2D eigenvalue weighted by molar-refractivity contribution is 0.203. The number of urea groups is 1. The molecule has 24 heavy (non-hydrogen) atoms. The Bertz CT molecular complexity index is 714. The minimum Gasteiger partial charge on any atom is -0.369 e. The Kier molecular flexibility index (Phi) is 6.46. The third-order valence-electron chi connectivity index (χ3n) is 3.29. The zero-order valence-electron chi connectivity index (χ0n) is 13.2. The van der Waals surface area contributed by atoms with Gasteiger partial charge < -0.3 is 10.6 Å². The Morgan fingerprint density at radius 2 is 1.75 bits per heavy atom. The van der Waals surface area contributed by atoms with E-state index in [2.05, 4.69) is 10.3 Å². The maximum atomic E-state index is 12.3. The molecule has 0 bridgehead atoms. The molecule has 0 aliphatic carbocycles.